The Morgan fingerprint density at radius 2 is 1.95 bits per heavy atom. The molecular formula is C15H22O5. The minimum atomic E-state index is -0.825. The van der Waals surface area contributed by atoms with E-state index in [0.717, 1.165) is 0 Å². The van der Waals surface area contributed by atoms with Crippen LogP contribution in [0, 0.1) is 17.3 Å². The summed E-state index contributed by atoms with van der Waals surface area (Å²) in [6, 6.07) is 0. The maximum absolute atomic E-state index is 12.7. The Balaban J connectivity index is 2.23. The van der Waals surface area contributed by atoms with Gasteiger partial charge in [0, 0.05) is 13.2 Å². The fourth-order valence-electron chi connectivity index (χ4n) is 3.17. The summed E-state index contributed by atoms with van der Waals surface area (Å²) in [4.78, 5) is 24.7. The molecule has 0 spiro atoms. The highest BCUT2D eigenvalue weighted by atomic mass is 16.7. The van der Waals surface area contributed by atoms with Crippen LogP contribution in [-0.2, 0) is 23.8 Å². The summed E-state index contributed by atoms with van der Waals surface area (Å²) in [5, 5.41) is 0. The van der Waals surface area contributed by atoms with E-state index in [9.17, 15) is 9.59 Å². The van der Waals surface area contributed by atoms with Gasteiger partial charge in [0.05, 0.1) is 12.0 Å². The molecule has 0 radical (unpaired) electrons. The van der Waals surface area contributed by atoms with Gasteiger partial charge in [-0.1, -0.05) is 12.2 Å². The largest absolute Gasteiger partial charge is 0.465 e. The van der Waals surface area contributed by atoms with Gasteiger partial charge in [-0.15, -0.1) is 0 Å². The van der Waals surface area contributed by atoms with Gasteiger partial charge in [0.15, 0.2) is 12.1 Å². The molecule has 2 rings (SSSR count). The zero-order valence-corrected chi connectivity index (χ0v) is 12.3. The molecule has 2 aliphatic carbocycles. The molecule has 0 heterocycles. The number of carbonyl (C=O) groups is 2. The van der Waals surface area contributed by atoms with Crippen molar-refractivity contribution in [2.24, 2.45) is 17.3 Å². The van der Waals surface area contributed by atoms with E-state index < -0.39 is 23.6 Å². The number of hydrogen-bond donors (Lipinski definition) is 0. The molecule has 0 aromatic heterocycles. The Morgan fingerprint density at radius 1 is 1.30 bits per heavy atom. The van der Waals surface area contributed by atoms with E-state index in [1.807, 2.05) is 26.0 Å². The zero-order valence-electron chi connectivity index (χ0n) is 12.3. The molecule has 0 amide bonds. The third-order valence-corrected chi connectivity index (χ3v) is 3.98. The summed E-state index contributed by atoms with van der Waals surface area (Å²) >= 11 is 0. The summed E-state index contributed by atoms with van der Waals surface area (Å²) in [5.41, 5.74) is -0.825. The first-order chi connectivity index (χ1) is 9.60. The summed E-state index contributed by atoms with van der Waals surface area (Å²) in [6.45, 7) is 6.67. The number of esters is 1. The maximum Gasteiger partial charge on any atom is 0.317 e. The maximum atomic E-state index is 12.7. The van der Waals surface area contributed by atoms with E-state index in [4.69, 9.17) is 14.2 Å². The SMILES string of the molecule is CCOC(=O)C1C(=O)C2(C(OCC)OCC)C=CC1C2. The van der Waals surface area contributed by atoms with E-state index in [1.54, 1.807) is 6.92 Å². The fraction of sp³-hybridized carbons (Fsp3) is 0.733. The lowest BCUT2D eigenvalue weighted by atomic mass is 9.82. The Hall–Kier alpha value is -1.20. The van der Waals surface area contributed by atoms with Crippen LogP contribution in [0.3, 0.4) is 0 Å². The average molecular weight is 282 g/mol. The van der Waals surface area contributed by atoms with E-state index in [-0.39, 0.29) is 18.3 Å². The summed E-state index contributed by atoms with van der Waals surface area (Å²) < 4.78 is 16.2. The molecule has 0 aromatic rings. The molecule has 2 aliphatic rings. The summed E-state index contributed by atoms with van der Waals surface area (Å²) in [7, 11) is 0. The first-order valence-corrected chi connectivity index (χ1v) is 7.24. The van der Waals surface area contributed by atoms with Crippen LogP contribution in [0.15, 0.2) is 12.2 Å². The average Bonchev–Trinajstić information content (AvgIpc) is 2.96. The van der Waals surface area contributed by atoms with Gasteiger partial charge in [-0.25, -0.2) is 0 Å². The van der Waals surface area contributed by atoms with Gasteiger partial charge in [-0.3, -0.25) is 9.59 Å². The van der Waals surface area contributed by atoms with Crippen molar-refractivity contribution in [3.05, 3.63) is 12.2 Å². The normalized spacial score (nSPS) is 31.3. The number of fused-ring (bicyclic) bond motifs is 2. The molecule has 0 saturated heterocycles. The first-order valence-electron chi connectivity index (χ1n) is 7.24. The predicted molar refractivity (Wildman–Crippen MR) is 71.9 cm³/mol. The molecule has 0 N–H and O–H groups in total. The first kappa shape index (κ1) is 15.2. The van der Waals surface area contributed by atoms with Gasteiger partial charge in [0.25, 0.3) is 0 Å². The second-order valence-corrected chi connectivity index (χ2v) is 5.10. The summed E-state index contributed by atoms with van der Waals surface area (Å²) in [5.74, 6) is -1.36. The van der Waals surface area contributed by atoms with Crippen LogP contribution in [0.1, 0.15) is 27.2 Å². The second-order valence-electron chi connectivity index (χ2n) is 5.10. The van der Waals surface area contributed by atoms with Crippen molar-refractivity contribution in [2.45, 2.75) is 33.5 Å². The Morgan fingerprint density at radius 3 is 2.50 bits per heavy atom. The minimum absolute atomic E-state index is 0.0926. The standard InChI is InChI=1S/C15H22O5/c1-4-18-13(17)11-10-7-8-15(9-10,12(11)16)14(19-5-2)20-6-3/h7-8,10-11,14H,4-6,9H2,1-3H3. The molecule has 3 unspecified atom stereocenters. The minimum Gasteiger partial charge on any atom is -0.465 e. The number of hydrogen-bond acceptors (Lipinski definition) is 5. The molecular weight excluding hydrogens is 260 g/mol. The van der Waals surface area contributed by atoms with Crippen molar-refractivity contribution < 1.29 is 23.8 Å². The highest BCUT2D eigenvalue weighted by Crippen LogP contribution is 2.53. The predicted octanol–water partition coefficient (Wildman–Crippen LogP) is 1.71. The lowest BCUT2D eigenvalue weighted by molar-refractivity contribution is -0.190. The smallest absolute Gasteiger partial charge is 0.317 e. The molecule has 112 valence electrons. The van der Waals surface area contributed by atoms with Crippen molar-refractivity contribution in [2.75, 3.05) is 19.8 Å². The Labute approximate surface area is 119 Å². The molecule has 20 heavy (non-hydrogen) atoms. The van der Waals surface area contributed by atoms with Crippen LogP contribution in [0.25, 0.3) is 0 Å². The lowest BCUT2D eigenvalue weighted by Crippen LogP contribution is -2.44. The Bertz CT molecular complexity index is 410. The number of carbonyl (C=O) groups excluding carboxylic acids is 2. The van der Waals surface area contributed by atoms with Gasteiger partial charge in [-0.05, 0) is 33.1 Å². The van der Waals surface area contributed by atoms with Gasteiger partial charge in [0.1, 0.15) is 5.92 Å². The topological polar surface area (TPSA) is 61.8 Å². The van der Waals surface area contributed by atoms with E-state index in [1.165, 1.54) is 0 Å². The Kier molecular flexibility index (Phi) is 4.60. The number of ketones is 1. The van der Waals surface area contributed by atoms with Gasteiger partial charge >= 0.3 is 5.97 Å². The van der Waals surface area contributed by atoms with Crippen LogP contribution in [0.2, 0.25) is 0 Å². The van der Waals surface area contributed by atoms with Crippen LogP contribution in [-0.4, -0.2) is 37.9 Å². The zero-order chi connectivity index (χ0) is 14.8. The summed E-state index contributed by atoms with van der Waals surface area (Å²) in [6.07, 6.45) is 3.73. The van der Waals surface area contributed by atoms with Crippen LogP contribution in [0.4, 0.5) is 0 Å². The molecule has 0 aromatic carbocycles. The second kappa shape index (κ2) is 6.06. The molecule has 5 heteroatoms. The van der Waals surface area contributed by atoms with Crippen molar-refractivity contribution in [3.8, 4) is 0 Å². The van der Waals surface area contributed by atoms with Crippen LogP contribution < -0.4 is 0 Å². The quantitative estimate of drug-likeness (QED) is 0.308. The third-order valence-electron chi connectivity index (χ3n) is 3.98. The molecule has 1 saturated carbocycles. The fourth-order valence-corrected chi connectivity index (χ4v) is 3.17. The van der Waals surface area contributed by atoms with Crippen LogP contribution in [0.5, 0.6) is 0 Å². The molecule has 1 fully saturated rings. The lowest BCUT2D eigenvalue weighted by Gasteiger charge is -2.32. The van der Waals surface area contributed by atoms with Crippen LogP contribution >= 0.6 is 0 Å². The number of allylic oxidation sites excluding steroid dienone is 1. The third kappa shape index (κ3) is 2.29. The monoisotopic (exact) mass is 282 g/mol. The molecule has 5 nitrogen and oxygen atoms in total. The van der Waals surface area contributed by atoms with Gasteiger partial charge in [-0.2, -0.15) is 0 Å². The highest BCUT2D eigenvalue weighted by molar-refractivity contribution is 6.06. The van der Waals surface area contributed by atoms with Gasteiger partial charge in [0.2, 0.25) is 0 Å². The highest BCUT2D eigenvalue weighted by Gasteiger charge is 2.61. The van der Waals surface area contributed by atoms with E-state index in [2.05, 4.69) is 0 Å². The van der Waals surface area contributed by atoms with E-state index >= 15 is 0 Å². The van der Waals surface area contributed by atoms with Crippen molar-refractivity contribution in [1.29, 1.82) is 0 Å². The number of ether oxygens (including phenoxy) is 3. The van der Waals surface area contributed by atoms with Crippen molar-refractivity contribution in [3.63, 3.8) is 0 Å². The molecule has 0 aliphatic heterocycles. The van der Waals surface area contributed by atoms with E-state index in [0.29, 0.717) is 19.6 Å². The molecule has 3 atom stereocenters. The van der Waals surface area contributed by atoms with Gasteiger partial charge < -0.3 is 14.2 Å². The number of rotatable bonds is 7. The van der Waals surface area contributed by atoms with Crippen molar-refractivity contribution >= 4 is 11.8 Å². The van der Waals surface area contributed by atoms with Crippen molar-refractivity contribution in [1.82, 2.24) is 0 Å². The molecule has 2 bridgehead atoms. The number of Topliss-reactive ketones (excluding diaryl/α,β-unsaturated/α-hetero) is 1.